The fraction of sp³-hybridized carbons (Fsp3) is 0.350. The number of aromatic amines is 1. The lowest BCUT2D eigenvalue weighted by Crippen LogP contribution is -2.38. The number of hydrogen-bond donors (Lipinski definition) is 1. The zero-order valence-electron chi connectivity index (χ0n) is 13.7. The number of amides is 1. The van der Waals surface area contributed by atoms with Gasteiger partial charge in [-0.2, -0.15) is 0 Å². The van der Waals surface area contributed by atoms with Gasteiger partial charge >= 0.3 is 0 Å². The number of rotatable bonds is 4. The number of fused-ring (bicyclic) bond motifs is 1. The highest BCUT2D eigenvalue weighted by molar-refractivity contribution is 5.84. The van der Waals surface area contributed by atoms with Crippen LogP contribution in [0.3, 0.4) is 0 Å². The van der Waals surface area contributed by atoms with Crippen LogP contribution in [0.1, 0.15) is 43.0 Å². The monoisotopic (exact) mass is 322 g/mol. The standard InChI is InChI=1S/C20H22N2O2/c23-20(11-10-15-14-21-17-7-2-1-6-16(15)17)22-12-4-3-8-18(22)19-9-5-13-24-19/h1-2,5-7,9,13-14,18,21H,3-4,8,10-12H2. The van der Waals surface area contributed by atoms with E-state index in [1.54, 1.807) is 6.26 Å². The number of aryl methyl sites for hydroxylation is 1. The maximum absolute atomic E-state index is 12.8. The molecule has 0 bridgehead atoms. The fourth-order valence-corrected chi connectivity index (χ4v) is 3.73. The van der Waals surface area contributed by atoms with Crippen molar-refractivity contribution in [3.8, 4) is 0 Å². The van der Waals surface area contributed by atoms with Crippen LogP contribution in [-0.2, 0) is 11.2 Å². The highest BCUT2D eigenvalue weighted by atomic mass is 16.3. The number of hydrogen-bond acceptors (Lipinski definition) is 2. The van der Waals surface area contributed by atoms with Gasteiger partial charge in [0.25, 0.3) is 0 Å². The molecular weight excluding hydrogens is 300 g/mol. The minimum absolute atomic E-state index is 0.101. The molecule has 0 aliphatic carbocycles. The van der Waals surface area contributed by atoms with Crippen molar-refractivity contribution in [3.63, 3.8) is 0 Å². The van der Waals surface area contributed by atoms with Gasteiger partial charge < -0.3 is 14.3 Å². The molecular formula is C20H22N2O2. The van der Waals surface area contributed by atoms with Crippen molar-refractivity contribution in [2.75, 3.05) is 6.54 Å². The largest absolute Gasteiger partial charge is 0.467 e. The van der Waals surface area contributed by atoms with Crippen LogP contribution >= 0.6 is 0 Å². The summed E-state index contributed by atoms with van der Waals surface area (Å²) in [5.41, 5.74) is 2.34. The van der Waals surface area contributed by atoms with E-state index in [1.807, 2.05) is 35.4 Å². The molecule has 1 amide bonds. The summed E-state index contributed by atoms with van der Waals surface area (Å²) < 4.78 is 5.56. The van der Waals surface area contributed by atoms with E-state index in [4.69, 9.17) is 4.42 Å². The van der Waals surface area contributed by atoms with Crippen molar-refractivity contribution >= 4 is 16.8 Å². The molecule has 0 spiro atoms. The van der Waals surface area contributed by atoms with E-state index in [0.29, 0.717) is 6.42 Å². The Morgan fingerprint density at radius 3 is 3.00 bits per heavy atom. The fourth-order valence-electron chi connectivity index (χ4n) is 3.73. The molecule has 1 N–H and O–H groups in total. The first-order chi connectivity index (χ1) is 11.8. The summed E-state index contributed by atoms with van der Waals surface area (Å²) in [6.07, 6.45) is 8.25. The summed E-state index contributed by atoms with van der Waals surface area (Å²) in [4.78, 5) is 18.1. The summed E-state index contributed by atoms with van der Waals surface area (Å²) >= 11 is 0. The molecule has 1 saturated heterocycles. The summed E-state index contributed by atoms with van der Waals surface area (Å²) in [6, 6.07) is 12.2. The number of carbonyl (C=O) groups excluding carboxylic acids is 1. The third-order valence-electron chi connectivity index (χ3n) is 4.98. The van der Waals surface area contributed by atoms with Crippen LogP contribution in [0.4, 0.5) is 0 Å². The maximum atomic E-state index is 12.8. The molecule has 1 fully saturated rings. The second-order valence-electron chi connectivity index (χ2n) is 6.47. The number of nitrogens with one attached hydrogen (secondary N) is 1. The molecule has 1 aliphatic rings. The van der Waals surface area contributed by atoms with E-state index in [2.05, 4.69) is 17.1 Å². The quantitative estimate of drug-likeness (QED) is 0.771. The van der Waals surface area contributed by atoms with Crippen molar-refractivity contribution in [2.24, 2.45) is 0 Å². The Morgan fingerprint density at radius 2 is 2.12 bits per heavy atom. The first kappa shape index (κ1) is 15.1. The third-order valence-corrected chi connectivity index (χ3v) is 4.98. The van der Waals surface area contributed by atoms with Crippen molar-refractivity contribution in [3.05, 3.63) is 60.2 Å². The smallest absolute Gasteiger partial charge is 0.223 e. The topological polar surface area (TPSA) is 49.2 Å². The predicted molar refractivity (Wildman–Crippen MR) is 93.6 cm³/mol. The molecule has 0 saturated carbocycles. The van der Waals surface area contributed by atoms with E-state index >= 15 is 0 Å². The lowest BCUT2D eigenvalue weighted by atomic mass is 9.99. The van der Waals surface area contributed by atoms with Crippen molar-refractivity contribution in [1.82, 2.24) is 9.88 Å². The van der Waals surface area contributed by atoms with Gasteiger partial charge in [0.1, 0.15) is 5.76 Å². The molecule has 4 heteroatoms. The van der Waals surface area contributed by atoms with Gasteiger partial charge in [-0.1, -0.05) is 18.2 Å². The van der Waals surface area contributed by atoms with Crippen LogP contribution in [0.25, 0.3) is 10.9 Å². The summed E-state index contributed by atoms with van der Waals surface area (Å²) in [7, 11) is 0. The predicted octanol–water partition coefficient (Wildman–Crippen LogP) is 4.45. The Balaban J connectivity index is 1.47. The van der Waals surface area contributed by atoms with Gasteiger partial charge in [0, 0.05) is 30.1 Å². The Bertz CT molecular complexity index is 819. The Labute approximate surface area is 141 Å². The normalized spacial score (nSPS) is 18.2. The van der Waals surface area contributed by atoms with E-state index in [-0.39, 0.29) is 11.9 Å². The molecule has 124 valence electrons. The van der Waals surface area contributed by atoms with Gasteiger partial charge in [0.05, 0.1) is 12.3 Å². The molecule has 24 heavy (non-hydrogen) atoms. The van der Waals surface area contributed by atoms with Crippen LogP contribution in [-0.4, -0.2) is 22.3 Å². The van der Waals surface area contributed by atoms with E-state index in [0.717, 1.165) is 43.5 Å². The highest BCUT2D eigenvalue weighted by Crippen LogP contribution is 2.32. The molecule has 0 radical (unpaired) electrons. The van der Waals surface area contributed by atoms with Crippen molar-refractivity contribution < 1.29 is 9.21 Å². The van der Waals surface area contributed by atoms with Crippen LogP contribution in [0.5, 0.6) is 0 Å². The summed E-state index contributed by atoms with van der Waals surface area (Å²) in [5, 5.41) is 1.21. The number of likely N-dealkylation sites (tertiary alicyclic amines) is 1. The zero-order valence-corrected chi connectivity index (χ0v) is 13.7. The summed E-state index contributed by atoms with van der Waals surface area (Å²) in [5.74, 6) is 1.14. The molecule has 2 aromatic heterocycles. The molecule has 4 rings (SSSR count). The minimum atomic E-state index is 0.101. The van der Waals surface area contributed by atoms with Crippen LogP contribution in [0.2, 0.25) is 0 Å². The second kappa shape index (κ2) is 6.56. The number of benzene rings is 1. The number of nitrogens with zero attached hydrogens (tertiary/aromatic N) is 1. The lowest BCUT2D eigenvalue weighted by Gasteiger charge is -2.34. The Morgan fingerprint density at radius 1 is 1.21 bits per heavy atom. The van der Waals surface area contributed by atoms with Gasteiger partial charge in [0.15, 0.2) is 0 Å². The minimum Gasteiger partial charge on any atom is -0.467 e. The first-order valence-corrected chi connectivity index (χ1v) is 8.71. The van der Waals surface area contributed by atoms with Crippen LogP contribution < -0.4 is 0 Å². The van der Waals surface area contributed by atoms with Gasteiger partial charge in [-0.15, -0.1) is 0 Å². The van der Waals surface area contributed by atoms with Gasteiger partial charge in [0.2, 0.25) is 5.91 Å². The number of furan rings is 1. The van der Waals surface area contributed by atoms with Crippen LogP contribution in [0.15, 0.2) is 53.3 Å². The van der Waals surface area contributed by atoms with E-state index in [1.165, 1.54) is 10.9 Å². The van der Waals surface area contributed by atoms with E-state index < -0.39 is 0 Å². The Kier molecular flexibility index (Phi) is 4.11. The van der Waals surface area contributed by atoms with Gasteiger partial charge in [-0.3, -0.25) is 4.79 Å². The highest BCUT2D eigenvalue weighted by Gasteiger charge is 2.29. The first-order valence-electron chi connectivity index (χ1n) is 8.71. The van der Waals surface area contributed by atoms with Crippen LogP contribution in [0, 0.1) is 0 Å². The molecule has 1 atom stereocenters. The molecule has 1 aliphatic heterocycles. The van der Waals surface area contributed by atoms with Gasteiger partial charge in [-0.05, 0) is 49.4 Å². The molecule has 1 aromatic carbocycles. The van der Waals surface area contributed by atoms with E-state index in [9.17, 15) is 4.79 Å². The maximum Gasteiger partial charge on any atom is 0.223 e. The average molecular weight is 322 g/mol. The van der Waals surface area contributed by atoms with Crippen molar-refractivity contribution in [1.29, 1.82) is 0 Å². The second-order valence-corrected chi connectivity index (χ2v) is 6.47. The Hall–Kier alpha value is -2.49. The summed E-state index contributed by atoms with van der Waals surface area (Å²) in [6.45, 7) is 0.831. The molecule has 3 aromatic rings. The number of piperidine rings is 1. The number of aromatic nitrogens is 1. The SMILES string of the molecule is O=C(CCc1c[nH]c2ccccc12)N1CCCCC1c1ccco1. The molecule has 4 nitrogen and oxygen atoms in total. The number of carbonyl (C=O) groups is 1. The lowest BCUT2D eigenvalue weighted by molar-refractivity contribution is -0.135. The molecule has 3 heterocycles. The zero-order chi connectivity index (χ0) is 16.4. The number of H-pyrrole nitrogens is 1. The number of para-hydroxylation sites is 1. The third kappa shape index (κ3) is 2.84. The van der Waals surface area contributed by atoms with Crippen molar-refractivity contribution in [2.45, 2.75) is 38.1 Å². The van der Waals surface area contributed by atoms with Gasteiger partial charge in [-0.25, -0.2) is 0 Å². The average Bonchev–Trinajstić information content (AvgIpc) is 3.30. The molecule has 1 unspecified atom stereocenters.